The SMILES string of the molecule is CC(C)(C)c1ccc(NC(=O)N2CC=C(c3ncc([C@H](O)CO)cc3Cl)CC2)nc1. The molecule has 2 amide bonds. The number of halogens is 1. The summed E-state index contributed by atoms with van der Waals surface area (Å²) in [5, 5.41) is 22.0. The first-order valence-corrected chi connectivity index (χ1v) is 10.2. The van der Waals surface area contributed by atoms with E-state index in [1.807, 2.05) is 18.2 Å². The quantitative estimate of drug-likeness (QED) is 0.685. The number of urea groups is 1. The number of rotatable bonds is 4. The maximum atomic E-state index is 12.6. The molecule has 0 aromatic carbocycles. The number of carbonyl (C=O) groups is 1. The molecule has 0 saturated carbocycles. The lowest BCUT2D eigenvalue weighted by molar-refractivity contribution is 0.0953. The molecule has 160 valence electrons. The normalized spacial score (nSPS) is 15.5. The second kappa shape index (κ2) is 9.12. The van der Waals surface area contributed by atoms with Gasteiger partial charge in [-0.3, -0.25) is 10.3 Å². The molecule has 0 spiro atoms. The molecule has 3 N–H and O–H groups in total. The summed E-state index contributed by atoms with van der Waals surface area (Å²) in [6.07, 6.45) is 4.83. The van der Waals surface area contributed by atoms with Gasteiger partial charge in [0.1, 0.15) is 11.9 Å². The Morgan fingerprint density at radius 2 is 2.07 bits per heavy atom. The smallest absolute Gasteiger partial charge is 0.323 e. The van der Waals surface area contributed by atoms with Gasteiger partial charge in [-0.25, -0.2) is 9.78 Å². The highest BCUT2D eigenvalue weighted by Crippen LogP contribution is 2.29. The third-order valence-corrected chi connectivity index (χ3v) is 5.37. The van der Waals surface area contributed by atoms with Gasteiger partial charge in [-0.15, -0.1) is 0 Å². The van der Waals surface area contributed by atoms with E-state index in [0.29, 0.717) is 41.6 Å². The molecule has 1 atom stereocenters. The molecule has 1 aliphatic heterocycles. The number of aliphatic hydroxyl groups is 2. The highest BCUT2D eigenvalue weighted by Gasteiger charge is 2.21. The van der Waals surface area contributed by atoms with Crippen LogP contribution in [0.15, 0.2) is 36.7 Å². The van der Waals surface area contributed by atoms with Gasteiger partial charge in [-0.2, -0.15) is 0 Å². The molecule has 3 heterocycles. The predicted molar refractivity (Wildman–Crippen MR) is 117 cm³/mol. The third-order valence-electron chi connectivity index (χ3n) is 5.09. The van der Waals surface area contributed by atoms with Crippen molar-refractivity contribution in [2.24, 2.45) is 0 Å². The number of aliphatic hydroxyl groups excluding tert-OH is 2. The Morgan fingerprint density at radius 3 is 2.60 bits per heavy atom. The van der Waals surface area contributed by atoms with E-state index in [0.717, 1.165) is 11.1 Å². The van der Waals surface area contributed by atoms with Crippen molar-refractivity contribution in [3.05, 3.63) is 58.5 Å². The van der Waals surface area contributed by atoms with Crippen LogP contribution in [0.2, 0.25) is 5.02 Å². The number of amides is 2. The van der Waals surface area contributed by atoms with Crippen LogP contribution in [-0.2, 0) is 5.41 Å². The maximum Gasteiger partial charge on any atom is 0.323 e. The van der Waals surface area contributed by atoms with Gasteiger partial charge in [0.25, 0.3) is 0 Å². The Hall–Kier alpha value is -2.48. The van der Waals surface area contributed by atoms with Crippen molar-refractivity contribution in [1.82, 2.24) is 14.9 Å². The largest absolute Gasteiger partial charge is 0.393 e. The lowest BCUT2D eigenvalue weighted by Gasteiger charge is -2.27. The van der Waals surface area contributed by atoms with Crippen LogP contribution in [0.3, 0.4) is 0 Å². The molecule has 1 aliphatic rings. The van der Waals surface area contributed by atoms with E-state index < -0.39 is 12.7 Å². The number of nitrogens with zero attached hydrogens (tertiary/aromatic N) is 3. The van der Waals surface area contributed by atoms with Crippen LogP contribution in [0.1, 0.15) is 50.1 Å². The Bertz CT molecular complexity index is 938. The number of hydrogen-bond donors (Lipinski definition) is 3. The average molecular weight is 431 g/mol. The van der Waals surface area contributed by atoms with E-state index in [1.165, 1.54) is 6.20 Å². The maximum absolute atomic E-state index is 12.6. The van der Waals surface area contributed by atoms with Crippen molar-refractivity contribution in [2.75, 3.05) is 25.0 Å². The van der Waals surface area contributed by atoms with Crippen molar-refractivity contribution < 1.29 is 15.0 Å². The molecule has 8 heteroatoms. The molecule has 0 unspecified atom stereocenters. The molecule has 0 bridgehead atoms. The van der Waals surface area contributed by atoms with Crippen molar-refractivity contribution in [2.45, 2.75) is 38.7 Å². The number of pyridine rings is 2. The Balaban J connectivity index is 1.63. The molecule has 0 radical (unpaired) electrons. The Labute approximate surface area is 181 Å². The molecule has 7 nitrogen and oxygen atoms in total. The molecule has 0 saturated heterocycles. The number of carbonyl (C=O) groups excluding carboxylic acids is 1. The number of hydrogen-bond acceptors (Lipinski definition) is 5. The van der Waals surface area contributed by atoms with Crippen LogP contribution >= 0.6 is 11.6 Å². The molecular formula is C22H27ClN4O3. The molecule has 30 heavy (non-hydrogen) atoms. The second-order valence-corrected chi connectivity index (χ2v) is 8.74. The van der Waals surface area contributed by atoms with E-state index in [9.17, 15) is 9.90 Å². The fraction of sp³-hybridized carbons (Fsp3) is 0.409. The van der Waals surface area contributed by atoms with Gasteiger partial charge in [-0.1, -0.05) is 44.5 Å². The van der Waals surface area contributed by atoms with Crippen LogP contribution in [-0.4, -0.2) is 50.8 Å². The summed E-state index contributed by atoms with van der Waals surface area (Å²) in [4.78, 5) is 22.9. The molecule has 3 rings (SSSR count). The van der Waals surface area contributed by atoms with Crippen LogP contribution < -0.4 is 5.32 Å². The van der Waals surface area contributed by atoms with Crippen LogP contribution in [0.25, 0.3) is 5.57 Å². The van der Waals surface area contributed by atoms with E-state index in [2.05, 4.69) is 36.1 Å². The van der Waals surface area contributed by atoms with Gasteiger partial charge >= 0.3 is 6.03 Å². The minimum absolute atomic E-state index is 0.00724. The first-order valence-electron chi connectivity index (χ1n) is 9.85. The molecule has 0 fully saturated rings. The van der Waals surface area contributed by atoms with Crippen molar-refractivity contribution in [3.8, 4) is 0 Å². The summed E-state index contributed by atoms with van der Waals surface area (Å²) in [6.45, 7) is 6.91. The van der Waals surface area contributed by atoms with Gasteiger partial charge in [0.2, 0.25) is 0 Å². The zero-order valence-electron chi connectivity index (χ0n) is 17.4. The summed E-state index contributed by atoms with van der Waals surface area (Å²) in [6, 6.07) is 5.19. The standard InChI is InChI=1S/C22H27ClN4O3/c1-22(2,3)16-4-5-19(24-12-16)26-21(30)27-8-6-14(7-9-27)20-17(23)10-15(11-25-20)18(29)13-28/h4-6,10-12,18,28-29H,7-9,13H2,1-3H3,(H,24,26,30)/t18-/m1/s1. The van der Waals surface area contributed by atoms with E-state index >= 15 is 0 Å². The lowest BCUT2D eigenvalue weighted by Crippen LogP contribution is -2.38. The Morgan fingerprint density at radius 1 is 1.30 bits per heavy atom. The van der Waals surface area contributed by atoms with Crippen molar-refractivity contribution in [3.63, 3.8) is 0 Å². The lowest BCUT2D eigenvalue weighted by atomic mass is 9.88. The first kappa shape index (κ1) is 22.2. The highest BCUT2D eigenvalue weighted by atomic mass is 35.5. The fourth-order valence-corrected chi connectivity index (χ4v) is 3.44. The summed E-state index contributed by atoms with van der Waals surface area (Å²) >= 11 is 6.32. The first-order chi connectivity index (χ1) is 14.2. The highest BCUT2D eigenvalue weighted by molar-refractivity contribution is 6.32. The van der Waals surface area contributed by atoms with Crippen LogP contribution in [0, 0.1) is 0 Å². The van der Waals surface area contributed by atoms with Gasteiger partial charge in [0.15, 0.2) is 0 Å². The minimum atomic E-state index is -1.00. The van der Waals surface area contributed by atoms with Gasteiger partial charge < -0.3 is 15.1 Å². The van der Waals surface area contributed by atoms with E-state index in [1.54, 1.807) is 17.2 Å². The molecule has 0 aliphatic carbocycles. The minimum Gasteiger partial charge on any atom is -0.393 e. The van der Waals surface area contributed by atoms with Crippen molar-refractivity contribution >= 4 is 29.0 Å². The number of anilines is 1. The molecule has 2 aromatic rings. The third kappa shape index (κ3) is 5.16. The summed E-state index contributed by atoms with van der Waals surface area (Å²) in [5.41, 5.74) is 3.15. The summed E-state index contributed by atoms with van der Waals surface area (Å²) in [5.74, 6) is 0.519. The molecular weight excluding hydrogens is 404 g/mol. The topological polar surface area (TPSA) is 98.6 Å². The fourth-order valence-electron chi connectivity index (χ4n) is 3.15. The number of nitrogens with one attached hydrogen (secondary N) is 1. The van der Waals surface area contributed by atoms with Gasteiger partial charge in [0, 0.05) is 31.0 Å². The predicted octanol–water partition coefficient (Wildman–Crippen LogP) is 3.77. The monoisotopic (exact) mass is 430 g/mol. The summed E-state index contributed by atoms with van der Waals surface area (Å²) in [7, 11) is 0. The van der Waals surface area contributed by atoms with E-state index in [4.69, 9.17) is 16.7 Å². The average Bonchev–Trinajstić information content (AvgIpc) is 2.73. The zero-order chi connectivity index (χ0) is 21.9. The van der Waals surface area contributed by atoms with E-state index in [-0.39, 0.29) is 11.4 Å². The van der Waals surface area contributed by atoms with Crippen LogP contribution in [0.4, 0.5) is 10.6 Å². The van der Waals surface area contributed by atoms with Crippen molar-refractivity contribution in [1.29, 1.82) is 0 Å². The molecule has 2 aromatic heterocycles. The Kier molecular flexibility index (Phi) is 6.75. The van der Waals surface area contributed by atoms with Gasteiger partial charge in [0.05, 0.1) is 17.3 Å². The zero-order valence-corrected chi connectivity index (χ0v) is 18.1. The summed E-state index contributed by atoms with van der Waals surface area (Å²) < 4.78 is 0. The number of aromatic nitrogens is 2. The second-order valence-electron chi connectivity index (χ2n) is 8.34. The van der Waals surface area contributed by atoms with Gasteiger partial charge in [-0.05, 0) is 35.1 Å². The van der Waals surface area contributed by atoms with Crippen LogP contribution in [0.5, 0.6) is 0 Å².